The van der Waals surface area contributed by atoms with E-state index in [1.807, 2.05) is 6.92 Å². The molecule has 0 aromatic carbocycles. The largest absolute Gasteiger partial charge is 0.481 e. The first-order valence-corrected chi connectivity index (χ1v) is 6.94. The number of carbonyl (C=O) groups excluding carboxylic acids is 1. The Labute approximate surface area is 117 Å². The Morgan fingerprint density at radius 1 is 1.20 bits per heavy atom. The van der Waals surface area contributed by atoms with Gasteiger partial charge in [0.25, 0.3) is 0 Å². The number of carboxylic acid groups (broad SMARTS) is 2. The van der Waals surface area contributed by atoms with E-state index in [0.29, 0.717) is 5.92 Å². The van der Waals surface area contributed by atoms with E-state index in [1.165, 1.54) is 12.8 Å². The predicted octanol–water partition coefficient (Wildman–Crippen LogP) is 1.18. The van der Waals surface area contributed by atoms with Crippen molar-refractivity contribution in [3.63, 3.8) is 0 Å². The van der Waals surface area contributed by atoms with Crippen LogP contribution in [0.2, 0.25) is 0 Å². The summed E-state index contributed by atoms with van der Waals surface area (Å²) in [5.41, 5.74) is 0. The van der Waals surface area contributed by atoms with Crippen LogP contribution >= 0.6 is 0 Å². The third-order valence-electron chi connectivity index (χ3n) is 3.39. The van der Waals surface area contributed by atoms with Gasteiger partial charge in [0.05, 0.1) is 0 Å². The maximum atomic E-state index is 11.7. The van der Waals surface area contributed by atoms with Crippen LogP contribution in [0.3, 0.4) is 0 Å². The van der Waals surface area contributed by atoms with Crippen LogP contribution in [0.25, 0.3) is 0 Å². The molecule has 1 aliphatic rings. The van der Waals surface area contributed by atoms with Gasteiger partial charge in [-0.25, -0.2) is 9.59 Å². The van der Waals surface area contributed by atoms with Gasteiger partial charge in [0.1, 0.15) is 6.04 Å². The smallest absolute Gasteiger partial charge is 0.326 e. The van der Waals surface area contributed by atoms with Crippen molar-refractivity contribution in [2.75, 3.05) is 0 Å². The predicted molar refractivity (Wildman–Crippen MR) is 71.4 cm³/mol. The summed E-state index contributed by atoms with van der Waals surface area (Å²) in [5.74, 6) is -1.64. The Kier molecular flexibility index (Phi) is 6.27. The summed E-state index contributed by atoms with van der Waals surface area (Å²) >= 11 is 0. The number of hydrogen-bond donors (Lipinski definition) is 4. The summed E-state index contributed by atoms with van der Waals surface area (Å²) in [6, 6.07) is -1.68. The summed E-state index contributed by atoms with van der Waals surface area (Å²) in [4.78, 5) is 33.1. The molecule has 2 unspecified atom stereocenters. The first-order valence-electron chi connectivity index (χ1n) is 6.94. The van der Waals surface area contributed by atoms with Crippen molar-refractivity contribution in [3.05, 3.63) is 0 Å². The third-order valence-corrected chi connectivity index (χ3v) is 3.39. The molecule has 7 heteroatoms. The minimum Gasteiger partial charge on any atom is -0.481 e. The fourth-order valence-electron chi connectivity index (χ4n) is 1.99. The lowest BCUT2D eigenvalue weighted by Gasteiger charge is -2.19. The van der Waals surface area contributed by atoms with E-state index in [0.717, 1.165) is 12.8 Å². The number of amides is 2. The van der Waals surface area contributed by atoms with Gasteiger partial charge in [0.2, 0.25) is 0 Å². The van der Waals surface area contributed by atoms with Gasteiger partial charge in [-0.2, -0.15) is 0 Å². The Morgan fingerprint density at radius 3 is 2.30 bits per heavy atom. The number of urea groups is 1. The van der Waals surface area contributed by atoms with Crippen molar-refractivity contribution < 1.29 is 24.6 Å². The molecule has 0 aromatic rings. The maximum absolute atomic E-state index is 11.7. The molecule has 2 atom stereocenters. The summed E-state index contributed by atoms with van der Waals surface area (Å²) in [5, 5.41) is 22.6. The van der Waals surface area contributed by atoms with E-state index in [1.54, 1.807) is 0 Å². The lowest BCUT2D eigenvalue weighted by atomic mass is 10.1. The van der Waals surface area contributed by atoms with Gasteiger partial charge in [0, 0.05) is 12.5 Å². The van der Waals surface area contributed by atoms with Gasteiger partial charge >= 0.3 is 18.0 Å². The molecule has 2 amide bonds. The molecule has 0 heterocycles. The summed E-state index contributed by atoms with van der Waals surface area (Å²) in [7, 11) is 0. The molecule has 0 radical (unpaired) electrons. The number of rotatable bonds is 9. The molecule has 20 heavy (non-hydrogen) atoms. The monoisotopic (exact) mass is 286 g/mol. The molecule has 1 saturated carbocycles. The Morgan fingerprint density at radius 2 is 1.85 bits per heavy atom. The van der Waals surface area contributed by atoms with Crippen LogP contribution in [0.4, 0.5) is 4.79 Å². The van der Waals surface area contributed by atoms with Crippen LogP contribution in [-0.2, 0) is 9.59 Å². The number of hydrogen-bond acceptors (Lipinski definition) is 3. The molecule has 1 aliphatic carbocycles. The van der Waals surface area contributed by atoms with Crippen molar-refractivity contribution in [2.45, 2.75) is 57.5 Å². The zero-order valence-corrected chi connectivity index (χ0v) is 11.6. The molecule has 1 rings (SSSR count). The normalized spacial score (nSPS) is 17.1. The fraction of sp³-hybridized carbons (Fsp3) is 0.769. The van der Waals surface area contributed by atoms with Gasteiger partial charge in [-0.05, 0) is 25.2 Å². The second kappa shape index (κ2) is 7.72. The van der Waals surface area contributed by atoms with Crippen LogP contribution in [0.1, 0.15) is 45.4 Å². The van der Waals surface area contributed by atoms with E-state index in [-0.39, 0.29) is 18.9 Å². The fourth-order valence-corrected chi connectivity index (χ4v) is 1.99. The summed E-state index contributed by atoms with van der Waals surface area (Å²) < 4.78 is 0. The molecule has 4 N–H and O–H groups in total. The second-order valence-corrected chi connectivity index (χ2v) is 5.23. The zero-order valence-electron chi connectivity index (χ0n) is 11.6. The Hall–Kier alpha value is -1.79. The molecule has 7 nitrogen and oxygen atoms in total. The van der Waals surface area contributed by atoms with Gasteiger partial charge in [-0.15, -0.1) is 0 Å². The number of nitrogens with one attached hydrogen (secondary N) is 2. The zero-order chi connectivity index (χ0) is 15.1. The van der Waals surface area contributed by atoms with E-state index in [2.05, 4.69) is 10.6 Å². The minimum atomic E-state index is -1.23. The average Bonchev–Trinajstić information content (AvgIpc) is 3.16. The van der Waals surface area contributed by atoms with Crippen LogP contribution in [-0.4, -0.2) is 40.3 Å². The van der Waals surface area contributed by atoms with E-state index in [4.69, 9.17) is 10.2 Å². The first-order chi connectivity index (χ1) is 9.42. The maximum Gasteiger partial charge on any atom is 0.326 e. The summed E-state index contributed by atoms with van der Waals surface area (Å²) in [6.07, 6.45) is 3.66. The molecule has 0 spiro atoms. The Balaban J connectivity index is 2.38. The van der Waals surface area contributed by atoms with Gasteiger partial charge < -0.3 is 20.8 Å². The first kappa shape index (κ1) is 16.3. The standard InChI is InChI=1S/C13H22N2O5/c1-2-9(7-8-3-4-8)14-13(20)15-10(12(18)19)5-6-11(16)17/h8-10H,2-7H2,1H3,(H,16,17)(H,18,19)(H2,14,15,20). The van der Waals surface area contributed by atoms with Crippen LogP contribution in [0.15, 0.2) is 0 Å². The molecular weight excluding hydrogens is 264 g/mol. The third kappa shape index (κ3) is 6.40. The Bertz CT molecular complexity index is 368. The minimum absolute atomic E-state index is 0.0384. The van der Waals surface area contributed by atoms with Crippen molar-refractivity contribution in [2.24, 2.45) is 5.92 Å². The molecular formula is C13H22N2O5. The van der Waals surface area contributed by atoms with Gasteiger partial charge in [0.15, 0.2) is 0 Å². The molecule has 1 fully saturated rings. The lowest BCUT2D eigenvalue weighted by molar-refractivity contribution is -0.140. The van der Waals surface area contributed by atoms with E-state index in [9.17, 15) is 14.4 Å². The van der Waals surface area contributed by atoms with Crippen molar-refractivity contribution in [3.8, 4) is 0 Å². The highest BCUT2D eigenvalue weighted by molar-refractivity contribution is 5.83. The topological polar surface area (TPSA) is 116 Å². The molecule has 0 bridgehead atoms. The molecule has 0 aromatic heterocycles. The van der Waals surface area contributed by atoms with Crippen LogP contribution in [0.5, 0.6) is 0 Å². The lowest BCUT2D eigenvalue weighted by Crippen LogP contribution is -2.49. The van der Waals surface area contributed by atoms with Crippen LogP contribution < -0.4 is 10.6 Å². The van der Waals surface area contributed by atoms with Crippen molar-refractivity contribution in [1.82, 2.24) is 10.6 Å². The summed E-state index contributed by atoms with van der Waals surface area (Å²) in [6.45, 7) is 1.96. The SMILES string of the molecule is CCC(CC1CC1)NC(=O)NC(CCC(=O)O)C(=O)O. The number of carboxylic acids is 2. The van der Waals surface area contributed by atoms with Crippen molar-refractivity contribution in [1.29, 1.82) is 0 Å². The highest BCUT2D eigenvalue weighted by Gasteiger charge is 2.26. The molecule has 0 saturated heterocycles. The van der Waals surface area contributed by atoms with E-state index >= 15 is 0 Å². The molecule has 114 valence electrons. The van der Waals surface area contributed by atoms with E-state index < -0.39 is 24.0 Å². The van der Waals surface area contributed by atoms with Gasteiger partial charge in [-0.3, -0.25) is 4.79 Å². The highest BCUT2D eigenvalue weighted by Crippen LogP contribution is 2.33. The second-order valence-electron chi connectivity index (χ2n) is 5.23. The quantitative estimate of drug-likeness (QED) is 0.508. The number of carbonyl (C=O) groups is 3. The number of aliphatic carboxylic acids is 2. The van der Waals surface area contributed by atoms with Crippen LogP contribution in [0, 0.1) is 5.92 Å². The van der Waals surface area contributed by atoms with Gasteiger partial charge in [-0.1, -0.05) is 19.8 Å². The van der Waals surface area contributed by atoms with Crippen molar-refractivity contribution >= 4 is 18.0 Å². The molecule has 0 aliphatic heterocycles. The highest BCUT2D eigenvalue weighted by atomic mass is 16.4. The average molecular weight is 286 g/mol.